The van der Waals surface area contributed by atoms with E-state index in [1.807, 2.05) is 84.9 Å². The second-order valence-corrected chi connectivity index (χ2v) is 10.6. The quantitative estimate of drug-likeness (QED) is 0.353. The zero-order valence-electron chi connectivity index (χ0n) is 21.1. The number of imide groups is 2. The Bertz CT molecular complexity index is 1560. The molecule has 0 aromatic heterocycles. The van der Waals surface area contributed by atoms with Gasteiger partial charge in [0.25, 0.3) is 11.8 Å². The van der Waals surface area contributed by atoms with Crippen LogP contribution in [0.2, 0.25) is 0 Å². The Morgan fingerprint density at radius 1 is 0.590 bits per heavy atom. The summed E-state index contributed by atoms with van der Waals surface area (Å²) in [5.74, 6) is -1.46. The van der Waals surface area contributed by atoms with Gasteiger partial charge in [0, 0.05) is 17.4 Å². The Morgan fingerprint density at radius 3 is 1.64 bits per heavy atom. The summed E-state index contributed by atoms with van der Waals surface area (Å²) < 4.78 is 0. The molecule has 39 heavy (non-hydrogen) atoms. The van der Waals surface area contributed by atoms with Crippen LogP contribution >= 0.6 is 0 Å². The van der Waals surface area contributed by atoms with E-state index in [4.69, 9.17) is 0 Å². The first kappa shape index (κ1) is 23.6. The number of barbiturate groups is 1. The summed E-state index contributed by atoms with van der Waals surface area (Å²) in [4.78, 5) is 40.7. The van der Waals surface area contributed by atoms with Gasteiger partial charge in [-0.15, -0.1) is 0 Å². The number of urea groups is 1. The number of benzene rings is 4. The number of carbonyl (C=O) groups excluding carboxylic acids is 3. The normalized spacial score (nSPS) is 28.5. The number of nitrogens with one attached hydrogen (secondary N) is 3. The lowest BCUT2D eigenvalue weighted by Gasteiger charge is -2.40. The van der Waals surface area contributed by atoms with Crippen LogP contribution < -0.4 is 16.0 Å². The van der Waals surface area contributed by atoms with Crippen molar-refractivity contribution < 1.29 is 14.4 Å². The first-order valence-electron chi connectivity index (χ1n) is 13.2. The van der Waals surface area contributed by atoms with Crippen LogP contribution in [-0.2, 0) is 26.8 Å². The van der Waals surface area contributed by atoms with Crippen LogP contribution in [0.15, 0.2) is 121 Å². The Kier molecular flexibility index (Phi) is 5.12. The van der Waals surface area contributed by atoms with Crippen LogP contribution in [0.25, 0.3) is 0 Å². The molecule has 1 saturated carbocycles. The molecule has 0 unspecified atom stereocenters. The maximum absolute atomic E-state index is 14.1. The fourth-order valence-electron chi connectivity index (χ4n) is 7.86. The Labute approximate surface area is 226 Å². The predicted molar refractivity (Wildman–Crippen MR) is 147 cm³/mol. The predicted octanol–water partition coefficient (Wildman–Crippen LogP) is 3.98. The molecule has 6 nitrogen and oxygen atoms in total. The molecule has 0 bridgehead atoms. The van der Waals surface area contributed by atoms with Gasteiger partial charge >= 0.3 is 6.03 Å². The van der Waals surface area contributed by atoms with E-state index in [1.165, 1.54) is 0 Å². The van der Waals surface area contributed by atoms with E-state index in [2.05, 4.69) is 52.3 Å². The van der Waals surface area contributed by atoms with Crippen molar-refractivity contribution in [3.8, 4) is 0 Å². The van der Waals surface area contributed by atoms with Gasteiger partial charge in [0.1, 0.15) is 0 Å². The van der Waals surface area contributed by atoms with E-state index in [0.29, 0.717) is 6.42 Å². The van der Waals surface area contributed by atoms with Gasteiger partial charge in [0.2, 0.25) is 0 Å². The monoisotopic (exact) mass is 513 g/mol. The molecule has 1 aliphatic carbocycles. The standard InChI is InChI=1S/C33H27N3O3/c37-28-33(29(38)35-30(39)34-28)32(25-19-11-4-12-20-25)27(23-15-7-2-8-16-23)31(32,24-17-9-3-10-18-24)26(36-33)21-22-13-5-1-6-14-22/h1-20,26-27,36H,21H2,(H2,34,35,37,38,39)/t26-,27-,31-,32+/m1/s1. The molecule has 4 atom stereocenters. The number of hydrogen-bond acceptors (Lipinski definition) is 4. The zero-order chi connectivity index (χ0) is 26.7. The highest BCUT2D eigenvalue weighted by molar-refractivity contribution is 6.25. The molecule has 7 rings (SSSR count). The van der Waals surface area contributed by atoms with E-state index in [0.717, 1.165) is 22.3 Å². The van der Waals surface area contributed by atoms with Crippen molar-refractivity contribution in [2.24, 2.45) is 0 Å². The van der Waals surface area contributed by atoms with Crippen LogP contribution in [0, 0.1) is 0 Å². The average Bonchev–Trinajstić information content (AvgIpc) is 3.54. The summed E-state index contributed by atoms with van der Waals surface area (Å²) in [6.45, 7) is 0. The number of piperidine rings is 1. The van der Waals surface area contributed by atoms with Crippen molar-refractivity contribution in [1.29, 1.82) is 0 Å². The minimum Gasteiger partial charge on any atom is -0.291 e. The molecule has 3 aliphatic rings. The lowest BCUT2D eigenvalue weighted by atomic mass is 9.69. The average molecular weight is 514 g/mol. The largest absolute Gasteiger partial charge is 0.328 e. The number of amides is 4. The van der Waals surface area contributed by atoms with Gasteiger partial charge in [-0.05, 0) is 28.7 Å². The highest BCUT2D eigenvalue weighted by atomic mass is 16.2. The number of rotatable bonds is 5. The van der Waals surface area contributed by atoms with Crippen LogP contribution in [0.3, 0.4) is 0 Å². The van der Waals surface area contributed by atoms with Gasteiger partial charge in [-0.2, -0.15) is 0 Å². The van der Waals surface area contributed by atoms with Gasteiger partial charge in [0.15, 0.2) is 5.54 Å². The molecule has 4 aromatic carbocycles. The highest BCUT2D eigenvalue weighted by Gasteiger charge is 2.94. The third-order valence-electron chi connectivity index (χ3n) is 9.02. The van der Waals surface area contributed by atoms with Crippen molar-refractivity contribution >= 4 is 17.8 Å². The van der Waals surface area contributed by atoms with Gasteiger partial charge in [-0.1, -0.05) is 121 Å². The molecule has 192 valence electrons. The second-order valence-electron chi connectivity index (χ2n) is 10.6. The van der Waals surface area contributed by atoms with Crippen LogP contribution in [-0.4, -0.2) is 29.4 Å². The smallest absolute Gasteiger partial charge is 0.291 e. The molecular formula is C33H27N3O3. The summed E-state index contributed by atoms with van der Waals surface area (Å²) in [6.07, 6.45) is 0.587. The topological polar surface area (TPSA) is 87.3 Å². The van der Waals surface area contributed by atoms with Crippen molar-refractivity contribution in [2.75, 3.05) is 0 Å². The van der Waals surface area contributed by atoms with Crippen molar-refractivity contribution in [3.63, 3.8) is 0 Å². The minimum absolute atomic E-state index is 0.226. The Balaban J connectivity index is 1.59. The molecule has 2 saturated heterocycles. The minimum atomic E-state index is -1.72. The van der Waals surface area contributed by atoms with Crippen molar-refractivity contribution in [2.45, 2.75) is 34.7 Å². The van der Waals surface area contributed by atoms with Gasteiger partial charge in [-0.3, -0.25) is 25.5 Å². The van der Waals surface area contributed by atoms with Crippen LogP contribution in [0.5, 0.6) is 0 Å². The van der Waals surface area contributed by atoms with E-state index >= 15 is 0 Å². The van der Waals surface area contributed by atoms with Crippen molar-refractivity contribution in [3.05, 3.63) is 144 Å². The second kappa shape index (κ2) is 8.48. The number of hydrogen-bond donors (Lipinski definition) is 3. The SMILES string of the molecule is O=C1NC(=O)C2(N[C@H](Cc3ccccc3)[C@]3(c4ccccc4)[C@@H](c4ccccc4)[C@]23c2ccccc2)C(=O)N1. The van der Waals surface area contributed by atoms with E-state index < -0.39 is 34.2 Å². The first-order chi connectivity index (χ1) is 19.1. The summed E-state index contributed by atoms with van der Waals surface area (Å²) >= 11 is 0. The maximum Gasteiger partial charge on any atom is 0.328 e. The fraction of sp³-hybridized carbons (Fsp3) is 0.182. The Hall–Kier alpha value is -4.55. The molecule has 6 heteroatoms. The molecule has 1 spiro atoms. The lowest BCUT2D eigenvalue weighted by Crippen LogP contribution is -2.76. The molecule has 3 fully saturated rings. The van der Waals surface area contributed by atoms with Gasteiger partial charge in [0.05, 0.1) is 5.41 Å². The summed E-state index contributed by atoms with van der Waals surface area (Å²) in [7, 11) is 0. The maximum atomic E-state index is 14.1. The van der Waals surface area contributed by atoms with E-state index in [1.54, 1.807) is 0 Å². The molecule has 2 heterocycles. The first-order valence-corrected chi connectivity index (χ1v) is 13.2. The van der Waals surface area contributed by atoms with E-state index in [9.17, 15) is 14.4 Å². The molecular weight excluding hydrogens is 486 g/mol. The van der Waals surface area contributed by atoms with Crippen LogP contribution in [0.4, 0.5) is 4.79 Å². The molecule has 4 amide bonds. The third kappa shape index (κ3) is 2.92. The number of carbonyl (C=O) groups is 3. The molecule has 2 aliphatic heterocycles. The van der Waals surface area contributed by atoms with Crippen molar-refractivity contribution in [1.82, 2.24) is 16.0 Å². The summed E-state index contributed by atoms with van der Waals surface area (Å²) in [6, 6.07) is 39.2. The van der Waals surface area contributed by atoms with Gasteiger partial charge in [-0.25, -0.2) is 4.79 Å². The molecule has 4 aromatic rings. The zero-order valence-corrected chi connectivity index (χ0v) is 21.1. The Morgan fingerprint density at radius 2 is 1.08 bits per heavy atom. The summed E-state index contributed by atoms with van der Waals surface area (Å²) in [5, 5.41) is 8.47. The molecule has 3 N–H and O–H groups in total. The summed E-state index contributed by atoms with van der Waals surface area (Å²) in [5.41, 5.74) is 0.645. The number of fused-ring (bicyclic) bond motifs is 2. The van der Waals surface area contributed by atoms with Crippen LogP contribution in [0.1, 0.15) is 28.2 Å². The highest BCUT2D eigenvalue weighted by Crippen LogP contribution is 2.83. The third-order valence-corrected chi connectivity index (χ3v) is 9.02. The van der Waals surface area contributed by atoms with E-state index in [-0.39, 0.29) is 12.0 Å². The molecule has 0 radical (unpaired) electrons. The van der Waals surface area contributed by atoms with Gasteiger partial charge < -0.3 is 0 Å². The fourth-order valence-corrected chi connectivity index (χ4v) is 7.86. The lowest BCUT2D eigenvalue weighted by molar-refractivity contribution is -0.141.